The van der Waals surface area contributed by atoms with Crippen LogP contribution in [0.25, 0.3) is 0 Å². The molecule has 0 saturated heterocycles. The number of carbonyl (C=O) groups excluding carboxylic acids is 1. The predicted octanol–water partition coefficient (Wildman–Crippen LogP) is 1.90. The molecule has 1 aliphatic carbocycles. The second-order valence-corrected chi connectivity index (χ2v) is 4.74. The molecule has 0 spiro atoms. The smallest absolute Gasteiger partial charge is 0.307 e. The number of nitrogens with one attached hydrogen (secondary N) is 1. The lowest BCUT2D eigenvalue weighted by Crippen LogP contribution is -2.28. The number of carbonyl (C=O) groups is 2. The summed E-state index contributed by atoms with van der Waals surface area (Å²) in [7, 11) is 0. The Morgan fingerprint density at radius 2 is 1.68 bits per heavy atom. The molecule has 19 heavy (non-hydrogen) atoms. The summed E-state index contributed by atoms with van der Waals surface area (Å²) in [6, 6.07) is 7.27. The van der Waals surface area contributed by atoms with E-state index in [1.807, 2.05) is 24.3 Å². The molecule has 1 aliphatic rings. The number of rotatable bonds is 5. The Bertz CT molecular complexity index is 483. The Labute approximate surface area is 112 Å². The van der Waals surface area contributed by atoms with E-state index in [-0.39, 0.29) is 18.2 Å². The molecule has 0 atom stereocenters. The minimum Gasteiger partial charge on any atom is -0.481 e. The maximum absolute atomic E-state index is 11.8. The fourth-order valence-corrected chi connectivity index (χ4v) is 2.11. The van der Waals surface area contributed by atoms with E-state index < -0.39 is 5.97 Å². The molecule has 0 heterocycles. The van der Waals surface area contributed by atoms with Gasteiger partial charge in [-0.25, -0.2) is 0 Å². The first-order chi connectivity index (χ1) is 9.15. The Morgan fingerprint density at radius 3 is 2.26 bits per heavy atom. The predicted molar refractivity (Wildman–Crippen MR) is 71.5 cm³/mol. The third-order valence-electron chi connectivity index (χ3n) is 3.22. The van der Waals surface area contributed by atoms with E-state index >= 15 is 0 Å². The van der Waals surface area contributed by atoms with Gasteiger partial charge in [-0.15, -0.1) is 0 Å². The summed E-state index contributed by atoms with van der Waals surface area (Å²) in [4.78, 5) is 22.4. The summed E-state index contributed by atoms with van der Waals surface area (Å²) in [5.41, 5.74) is 1.75. The van der Waals surface area contributed by atoms with Gasteiger partial charge in [-0.3, -0.25) is 9.59 Å². The summed E-state index contributed by atoms with van der Waals surface area (Å²) >= 11 is 0. The van der Waals surface area contributed by atoms with Gasteiger partial charge in [-0.1, -0.05) is 36.4 Å². The summed E-state index contributed by atoms with van der Waals surface area (Å²) in [6.45, 7) is 0.489. The number of amides is 1. The molecule has 2 N–H and O–H groups in total. The number of allylic oxidation sites excluding steroid dienone is 2. The zero-order valence-electron chi connectivity index (χ0n) is 10.6. The van der Waals surface area contributed by atoms with Crippen LogP contribution in [0.2, 0.25) is 0 Å². The van der Waals surface area contributed by atoms with Gasteiger partial charge in [0.15, 0.2) is 0 Å². The molecule has 0 aliphatic heterocycles. The highest BCUT2D eigenvalue weighted by molar-refractivity contribution is 5.79. The zero-order valence-corrected chi connectivity index (χ0v) is 10.6. The van der Waals surface area contributed by atoms with Crippen LogP contribution < -0.4 is 5.32 Å². The topological polar surface area (TPSA) is 66.4 Å². The second-order valence-electron chi connectivity index (χ2n) is 4.74. The molecule has 0 aromatic heterocycles. The highest BCUT2D eigenvalue weighted by Gasteiger charge is 2.18. The first-order valence-corrected chi connectivity index (χ1v) is 6.37. The molecule has 0 unspecified atom stereocenters. The van der Waals surface area contributed by atoms with E-state index in [4.69, 9.17) is 5.11 Å². The van der Waals surface area contributed by atoms with Crippen molar-refractivity contribution in [2.45, 2.75) is 25.8 Å². The van der Waals surface area contributed by atoms with Crippen molar-refractivity contribution in [3.63, 3.8) is 0 Å². The number of carboxylic acids is 1. The Morgan fingerprint density at radius 1 is 1.11 bits per heavy atom. The monoisotopic (exact) mass is 259 g/mol. The van der Waals surface area contributed by atoms with Crippen LogP contribution >= 0.6 is 0 Å². The maximum Gasteiger partial charge on any atom is 0.307 e. The number of hydrogen-bond acceptors (Lipinski definition) is 2. The number of hydrogen-bond donors (Lipinski definition) is 2. The molecule has 4 heteroatoms. The molecule has 1 aromatic carbocycles. The number of aliphatic carboxylic acids is 1. The average molecular weight is 259 g/mol. The highest BCUT2D eigenvalue weighted by atomic mass is 16.4. The van der Waals surface area contributed by atoms with Crippen molar-refractivity contribution in [2.24, 2.45) is 5.92 Å². The lowest BCUT2D eigenvalue weighted by Gasteiger charge is -2.10. The van der Waals surface area contributed by atoms with Gasteiger partial charge >= 0.3 is 5.97 Å². The molecular weight excluding hydrogens is 242 g/mol. The lowest BCUT2D eigenvalue weighted by molar-refractivity contribution is -0.136. The average Bonchev–Trinajstić information content (AvgIpc) is 2.91. The van der Waals surface area contributed by atoms with Gasteiger partial charge in [0.05, 0.1) is 6.42 Å². The Kier molecular flexibility index (Phi) is 4.34. The SMILES string of the molecule is O=C(O)Cc1ccc(CNC(=O)C2CC=CC2)cc1. The van der Waals surface area contributed by atoms with E-state index in [1.54, 1.807) is 12.1 Å². The van der Waals surface area contributed by atoms with Crippen LogP contribution in [-0.2, 0) is 22.6 Å². The quantitative estimate of drug-likeness (QED) is 0.794. The van der Waals surface area contributed by atoms with E-state index in [2.05, 4.69) is 5.32 Å². The third kappa shape index (κ3) is 3.95. The molecule has 0 saturated carbocycles. The third-order valence-corrected chi connectivity index (χ3v) is 3.22. The minimum atomic E-state index is -0.838. The molecule has 100 valence electrons. The normalized spacial score (nSPS) is 14.5. The van der Waals surface area contributed by atoms with E-state index in [0.717, 1.165) is 24.0 Å². The highest BCUT2D eigenvalue weighted by Crippen LogP contribution is 2.17. The van der Waals surface area contributed by atoms with E-state index in [0.29, 0.717) is 6.54 Å². The van der Waals surface area contributed by atoms with Crippen LogP contribution in [0.3, 0.4) is 0 Å². The Hall–Kier alpha value is -2.10. The van der Waals surface area contributed by atoms with Crippen molar-refractivity contribution in [1.29, 1.82) is 0 Å². The summed E-state index contributed by atoms with van der Waals surface area (Å²) < 4.78 is 0. The fraction of sp³-hybridized carbons (Fsp3) is 0.333. The maximum atomic E-state index is 11.8. The van der Waals surface area contributed by atoms with Crippen LogP contribution in [0.4, 0.5) is 0 Å². The van der Waals surface area contributed by atoms with Crippen LogP contribution in [-0.4, -0.2) is 17.0 Å². The molecule has 2 rings (SSSR count). The van der Waals surface area contributed by atoms with E-state index in [9.17, 15) is 9.59 Å². The minimum absolute atomic E-state index is 0.0282. The van der Waals surface area contributed by atoms with Gasteiger partial charge in [0, 0.05) is 12.5 Å². The second kappa shape index (κ2) is 6.18. The van der Waals surface area contributed by atoms with Crippen molar-refractivity contribution in [2.75, 3.05) is 0 Å². The Balaban J connectivity index is 1.82. The van der Waals surface area contributed by atoms with Gasteiger partial charge in [-0.2, -0.15) is 0 Å². The largest absolute Gasteiger partial charge is 0.481 e. The molecule has 4 nitrogen and oxygen atoms in total. The van der Waals surface area contributed by atoms with Gasteiger partial charge in [0.25, 0.3) is 0 Å². The zero-order chi connectivity index (χ0) is 13.7. The molecule has 0 radical (unpaired) electrons. The van der Waals surface area contributed by atoms with Crippen LogP contribution in [0, 0.1) is 5.92 Å². The van der Waals surface area contributed by atoms with Crippen LogP contribution in [0.1, 0.15) is 24.0 Å². The first-order valence-electron chi connectivity index (χ1n) is 6.37. The molecule has 1 aromatic rings. The summed E-state index contributed by atoms with van der Waals surface area (Å²) in [5.74, 6) is -0.680. The van der Waals surface area contributed by atoms with Crippen molar-refractivity contribution < 1.29 is 14.7 Å². The molecular formula is C15H17NO3. The summed E-state index contributed by atoms with van der Waals surface area (Å²) in [5, 5.41) is 11.6. The van der Waals surface area contributed by atoms with Gasteiger partial charge in [0.2, 0.25) is 5.91 Å². The van der Waals surface area contributed by atoms with E-state index in [1.165, 1.54) is 0 Å². The first kappa shape index (κ1) is 13.3. The van der Waals surface area contributed by atoms with Gasteiger partial charge in [0.1, 0.15) is 0 Å². The van der Waals surface area contributed by atoms with Gasteiger partial charge < -0.3 is 10.4 Å². The number of carboxylic acid groups (broad SMARTS) is 1. The number of benzene rings is 1. The van der Waals surface area contributed by atoms with Crippen molar-refractivity contribution in [3.05, 3.63) is 47.5 Å². The van der Waals surface area contributed by atoms with Crippen molar-refractivity contribution in [3.8, 4) is 0 Å². The molecule has 0 bridgehead atoms. The van der Waals surface area contributed by atoms with Crippen molar-refractivity contribution >= 4 is 11.9 Å². The summed E-state index contributed by atoms with van der Waals surface area (Å²) in [6.07, 6.45) is 5.74. The van der Waals surface area contributed by atoms with Crippen LogP contribution in [0.15, 0.2) is 36.4 Å². The van der Waals surface area contributed by atoms with Crippen molar-refractivity contribution in [1.82, 2.24) is 5.32 Å². The molecule has 0 fully saturated rings. The van der Waals surface area contributed by atoms with Crippen LogP contribution in [0.5, 0.6) is 0 Å². The standard InChI is InChI=1S/C15H17NO3/c17-14(18)9-11-5-7-12(8-6-11)10-16-15(19)13-3-1-2-4-13/h1-2,5-8,13H,3-4,9-10H2,(H,16,19)(H,17,18). The van der Waals surface area contributed by atoms with Gasteiger partial charge in [-0.05, 0) is 24.0 Å². The molecule has 1 amide bonds. The lowest BCUT2D eigenvalue weighted by atomic mass is 10.1. The fourth-order valence-electron chi connectivity index (χ4n) is 2.11.